The molecule has 2 heterocycles. The van der Waals surface area contributed by atoms with Gasteiger partial charge in [-0.25, -0.2) is 15.0 Å². The summed E-state index contributed by atoms with van der Waals surface area (Å²) in [5.74, 6) is -1.67. The number of aryl methyl sites for hydroxylation is 2. The Kier molecular flexibility index (Phi) is 7.26. The molecule has 0 spiro atoms. The number of anilines is 2. The maximum atomic E-state index is 12.9. The molecule has 0 unspecified atom stereocenters. The number of nitrogens with zero attached hydrogens (tertiary/aromatic N) is 3. The van der Waals surface area contributed by atoms with Crippen LogP contribution in [0, 0.1) is 6.92 Å². The van der Waals surface area contributed by atoms with Gasteiger partial charge in [0.05, 0.1) is 9.88 Å². The van der Waals surface area contributed by atoms with Gasteiger partial charge in [-0.1, -0.05) is 6.07 Å². The molecule has 0 aliphatic heterocycles. The molecule has 0 radical (unpaired) electrons. The highest BCUT2D eigenvalue weighted by Gasteiger charge is 2.32. The number of thiazole rings is 1. The number of hydrogen-bond donors (Lipinski definition) is 3. The van der Waals surface area contributed by atoms with Gasteiger partial charge in [0.15, 0.2) is 0 Å². The van der Waals surface area contributed by atoms with Gasteiger partial charge in [-0.05, 0) is 43.2 Å². The van der Waals surface area contributed by atoms with Crippen molar-refractivity contribution in [3.8, 4) is 10.4 Å². The molecule has 0 aliphatic carbocycles. The molecule has 0 saturated heterocycles. The maximum absolute atomic E-state index is 12.9. The summed E-state index contributed by atoms with van der Waals surface area (Å²) in [6.07, 6.45) is -1.44. The molecule has 0 aliphatic rings. The third-order valence-corrected chi connectivity index (χ3v) is 5.54. The number of aromatic nitrogens is 3. The molecular weight excluding hydrogens is 459 g/mol. The van der Waals surface area contributed by atoms with Gasteiger partial charge in [0.2, 0.25) is 11.9 Å². The van der Waals surface area contributed by atoms with Crippen molar-refractivity contribution in [2.45, 2.75) is 38.9 Å². The van der Waals surface area contributed by atoms with E-state index in [9.17, 15) is 22.8 Å². The molecule has 2 aromatic heterocycles. The topological polar surface area (TPSA) is 117 Å². The first-order chi connectivity index (χ1) is 15.5. The second-order valence-electron chi connectivity index (χ2n) is 7.22. The van der Waals surface area contributed by atoms with E-state index in [1.54, 1.807) is 18.3 Å². The van der Waals surface area contributed by atoms with Crippen LogP contribution in [-0.2, 0) is 22.2 Å². The van der Waals surface area contributed by atoms with E-state index in [1.165, 1.54) is 18.3 Å². The van der Waals surface area contributed by atoms with Crippen molar-refractivity contribution >= 4 is 34.8 Å². The molecular formula is C21H20F3N5O3S. The number of aliphatic carboxylic acids is 1. The predicted molar refractivity (Wildman–Crippen MR) is 116 cm³/mol. The highest BCUT2D eigenvalue weighted by Crippen LogP contribution is 2.31. The van der Waals surface area contributed by atoms with Crippen LogP contribution >= 0.6 is 11.3 Å². The summed E-state index contributed by atoms with van der Waals surface area (Å²) >= 11 is 1.37. The van der Waals surface area contributed by atoms with E-state index in [4.69, 9.17) is 5.11 Å². The van der Waals surface area contributed by atoms with Crippen LogP contribution in [0.3, 0.4) is 0 Å². The molecule has 3 aromatic rings. The predicted octanol–water partition coefficient (Wildman–Crippen LogP) is 4.19. The molecule has 3 rings (SSSR count). The van der Waals surface area contributed by atoms with Gasteiger partial charge in [0, 0.05) is 30.9 Å². The van der Waals surface area contributed by atoms with Gasteiger partial charge in [-0.2, -0.15) is 13.2 Å². The van der Waals surface area contributed by atoms with E-state index < -0.39 is 23.9 Å². The molecule has 33 heavy (non-hydrogen) atoms. The lowest BCUT2D eigenvalue weighted by molar-refractivity contribution is -0.141. The molecule has 0 fully saturated rings. The second-order valence-corrected chi connectivity index (χ2v) is 8.34. The SMILES string of the molecule is Cc1cc(Nc2nccc(C(F)(F)F)n2)cc(-c2cnc(CCC(=O)N[C@@H](C)C(=O)O)s2)c1. The number of nitrogens with one attached hydrogen (secondary N) is 2. The summed E-state index contributed by atoms with van der Waals surface area (Å²) in [4.78, 5) is 35.2. The molecule has 0 saturated carbocycles. The third-order valence-electron chi connectivity index (χ3n) is 4.43. The zero-order valence-electron chi connectivity index (χ0n) is 17.6. The third kappa shape index (κ3) is 6.72. The van der Waals surface area contributed by atoms with E-state index in [1.807, 2.05) is 13.0 Å². The Bertz CT molecular complexity index is 1170. The first kappa shape index (κ1) is 24.1. The number of alkyl halides is 3. The number of hydrogen-bond acceptors (Lipinski definition) is 7. The zero-order valence-corrected chi connectivity index (χ0v) is 18.4. The molecule has 12 heteroatoms. The fraction of sp³-hybridized carbons (Fsp3) is 0.286. The Morgan fingerprint density at radius 1 is 1.21 bits per heavy atom. The normalized spacial score (nSPS) is 12.3. The number of carboxylic acid groups (broad SMARTS) is 1. The van der Waals surface area contributed by atoms with Gasteiger partial charge in [0.25, 0.3) is 0 Å². The molecule has 1 atom stereocenters. The Balaban J connectivity index is 1.71. The van der Waals surface area contributed by atoms with Crippen LogP contribution in [0.2, 0.25) is 0 Å². The van der Waals surface area contributed by atoms with Gasteiger partial charge >= 0.3 is 12.1 Å². The van der Waals surface area contributed by atoms with Crippen LogP contribution in [0.4, 0.5) is 24.8 Å². The molecule has 8 nitrogen and oxygen atoms in total. The summed E-state index contributed by atoms with van der Waals surface area (Å²) in [6, 6.07) is 5.23. The number of benzene rings is 1. The minimum absolute atomic E-state index is 0.0953. The lowest BCUT2D eigenvalue weighted by Gasteiger charge is -2.10. The number of rotatable bonds is 8. The van der Waals surface area contributed by atoms with E-state index in [0.717, 1.165) is 28.3 Å². The number of halogens is 3. The van der Waals surface area contributed by atoms with E-state index in [-0.39, 0.29) is 18.3 Å². The van der Waals surface area contributed by atoms with E-state index in [0.29, 0.717) is 17.1 Å². The summed E-state index contributed by atoms with van der Waals surface area (Å²) in [5.41, 5.74) is 1.12. The van der Waals surface area contributed by atoms with Crippen LogP contribution in [0.1, 0.15) is 29.6 Å². The minimum atomic E-state index is -4.57. The fourth-order valence-electron chi connectivity index (χ4n) is 2.86. The lowest BCUT2D eigenvalue weighted by Crippen LogP contribution is -2.38. The van der Waals surface area contributed by atoms with Crippen molar-refractivity contribution in [1.29, 1.82) is 0 Å². The summed E-state index contributed by atoms with van der Waals surface area (Å²) in [6.45, 7) is 3.23. The van der Waals surface area contributed by atoms with Crippen molar-refractivity contribution in [3.63, 3.8) is 0 Å². The smallest absolute Gasteiger partial charge is 0.433 e. The molecule has 0 bridgehead atoms. The standard InChI is InChI=1S/C21H20F3N5O3S/c1-11-7-13(9-14(8-11)28-20-25-6-5-16(29-20)21(22,23)24)15-10-26-18(33-15)4-3-17(30)27-12(2)19(31)32/h5-10,12H,3-4H2,1-2H3,(H,27,30)(H,31,32)(H,25,28,29)/t12-/m0/s1. The number of carbonyl (C=O) groups excluding carboxylic acids is 1. The van der Waals surface area contributed by atoms with Crippen molar-refractivity contribution in [2.24, 2.45) is 0 Å². The molecule has 174 valence electrons. The minimum Gasteiger partial charge on any atom is -0.480 e. The number of carbonyl (C=O) groups is 2. The van der Waals surface area contributed by atoms with Crippen LogP contribution in [-0.4, -0.2) is 38.0 Å². The Morgan fingerprint density at radius 3 is 2.67 bits per heavy atom. The van der Waals surface area contributed by atoms with Crippen molar-refractivity contribution < 1.29 is 27.9 Å². The van der Waals surface area contributed by atoms with Crippen molar-refractivity contribution in [1.82, 2.24) is 20.3 Å². The van der Waals surface area contributed by atoms with E-state index in [2.05, 4.69) is 25.6 Å². The first-order valence-corrected chi connectivity index (χ1v) is 10.6. The number of carboxylic acids is 1. The molecule has 1 amide bonds. The zero-order chi connectivity index (χ0) is 24.2. The average molecular weight is 479 g/mol. The van der Waals surface area contributed by atoms with Crippen LogP contribution < -0.4 is 10.6 Å². The number of amides is 1. The maximum Gasteiger partial charge on any atom is 0.433 e. The fourth-order valence-corrected chi connectivity index (χ4v) is 3.76. The Morgan fingerprint density at radius 2 is 1.97 bits per heavy atom. The quantitative estimate of drug-likeness (QED) is 0.443. The molecule has 3 N–H and O–H groups in total. The Hall–Kier alpha value is -3.54. The average Bonchev–Trinajstić information content (AvgIpc) is 3.20. The summed E-state index contributed by atoms with van der Waals surface area (Å²) < 4.78 is 38.7. The molecule has 1 aromatic carbocycles. The summed E-state index contributed by atoms with van der Waals surface area (Å²) in [5, 5.41) is 14.7. The highest BCUT2D eigenvalue weighted by molar-refractivity contribution is 7.15. The van der Waals surface area contributed by atoms with Gasteiger partial charge in [-0.3, -0.25) is 9.59 Å². The van der Waals surface area contributed by atoms with Gasteiger partial charge in [0.1, 0.15) is 11.7 Å². The van der Waals surface area contributed by atoms with E-state index >= 15 is 0 Å². The van der Waals surface area contributed by atoms with Gasteiger partial charge in [-0.15, -0.1) is 11.3 Å². The van der Waals surface area contributed by atoms with Gasteiger partial charge < -0.3 is 15.7 Å². The largest absolute Gasteiger partial charge is 0.480 e. The Labute approximate surface area is 190 Å². The summed E-state index contributed by atoms with van der Waals surface area (Å²) in [7, 11) is 0. The van der Waals surface area contributed by atoms with Crippen LogP contribution in [0.15, 0.2) is 36.7 Å². The van der Waals surface area contributed by atoms with Crippen LogP contribution in [0.25, 0.3) is 10.4 Å². The monoisotopic (exact) mass is 479 g/mol. The van der Waals surface area contributed by atoms with Crippen LogP contribution in [0.5, 0.6) is 0 Å². The second kappa shape index (κ2) is 9.94. The highest BCUT2D eigenvalue weighted by atomic mass is 32.1. The lowest BCUT2D eigenvalue weighted by atomic mass is 10.1. The van der Waals surface area contributed by atoms with Crippen molar-refractivity contribution in [2.75, 3.05) is 5.32 Å². The van der Waals surface area contributed by atoms with Crippen molar-refractivity contribution in [3.05, 3.63) is 52.9 Å². The first-order valence-electron chi connectivity index (χ1n) is 9.77.